The van der Waals surface area contributed by atoms with Crippen molar-refractivity contribution in [2.45, 2.75) is 51.5 Å². The highest BCUT2D eigenvalue weighted by molar-refractivity contribution is 5.83. The lowest BCUT2D eigenvalue weighted by atomic mass is 10.1. The minimum absolute atomic E-state index is 0.138. The second-order valence-electron chi connectivity index (χ2n) is 5.91. The van der Waals surface area contributed by atoms with Gasteiger partial charge in [0.2, 0.25) is 5.91 Å². The first-order valence-electron chi connectivity index (χ1n) is 7.64. The van der Waals surface area contributed by atoms with Gasteiger partial charge in [0.05, 0.1) is 0 Å². The molecule has 4 nitrogen and oxygen atoms in total. The molecular formula is C17H23NO3. The monoisotopic (exact) mass is 289 g/mol. The summed E-state index contributed by atoms with van der Waals surface area (Å²) in [5, 5.41) is 11.7. The Morgan fingerprint density at radius 2 is 1.90 bits per heavy atom. The number of carbonyl (C=O) groups is 2. The molecule has 0 heterocycles. The summed E-state index contributed by atoms with van der Waals surface area (Å²) in [5.74, 6) is -0.914. The average molecular weight is 289 g/mol. The van der Waals surface area contributed by atoms with Crippen LogP contribution in [-0.2, 0) is 16.0 Å². The van der Waals surface area contributed by atoms with E-state index in [0.29, 0.717) is 6.42 Å². The van der Waals surface area contributed by atoms with Crippen molar-refractivity contribution in [1.82, 2.24) is 5.32 Å². The highest BCUT2D eigenvalue weighted by Crippen LogP contribution is 2.32. The highest BCUT2D eigenvalue weighted by atomic mass is 16.4. The van der Waals surface area contributed by atoms with Gasteiger partial charge in [-0.3, -0.25) is 4.79 Å². The molecule has 0 aromatic heterocycles. The number of aryl methyl sites for hydroxylation is 2. The van der Waals surface area contributed by atoms with Crippen LogP contribution >= 0.6 is 0 Å². The molecule has 1 aromatic rings. The average Bonchev–Trinajstić information content (AvgIpc) is 3.27. The van der Waals surface area contributed by atoms with Crippen LogP contribution in [0.25, 0.3) is 0 Å². The fraction of sp³-hybridized carbons (Fsp3) is 0.529. The van der Waals surface area contributed by atoms with Crippen molar-refractivity contribution < 1.29 is 14.7 Å². The van der Waals surface area contributed by atoms with E-state index in [1.807, 2.05) is 0 Å². The largest absolute Gasteiger partial charge is 0.480 e. The SMILES string of the molecule is Cc1ccc(CCCCC(=O)NC(C(=O)O)C2CC2)cc1. The quantitative estimate of drug-likeness (QED) is 0.723. The van der Waals surface area contributed by atoms with Gasteiger partial charge >= 0.3 is 5.97 Å². The molecule has 2 N–H and O–H groups in total. The first-order valence-corrected chi connectivity index (χ1v) is 7.64. The maximum atomic E-state index is 11.8. The number of rotatable bonds is 8. The summed E-state index contributed by atoms with van der Waals surface area (Å²) in [4.78, 5) is 22.8. The summed E-state index contributed by atoms with van der Waals surface area (Å²) < 4.78 is 0. The Hall–Kier alpha value is -1.84. The number of carboxylic acid groups (broad SMARTS) is 1. The van der Waals surface area contributed by atoms with Crippen LogP contribution in [0.2, 0.25) is 0 Å². The summed E-state index contributed by atoms with van der Waals surface area (Å²) >= 11 is 0. The minimum atomic E-state index is -0.912. The number of aliphatic carboxylic acids is 1. The van der Waals surface area contributed by atoms with Crippen LogP contribution in [0, 0.1) is 12.8 Å². The molecule has 0 saturated heterocycles. The van der Waals surface area contributed by atoms with Gasteiger partial charge in [0, 0.05) is 6.42 Å². The van der Waals surface area contributed by atoms with Crippen LogP contribution < -0.4 is 5.32 Å². The molecule has 0 radical (unpaired) electrons. The van der Waals surface area contributed by atoms with Gasteiger partial charge < -0.3 is 10.4 Å². The predicted molar refractivity (Wildman–Crippen MR) is 81.0 cm³/mol. The Morgan fingerprint density at radius 3 is 2.48 bits per heavy atom. The maximum absolute atomic E-state index is 11.8. The van der Waals surface area contributed by atoms with E-state index in [9.17, 15) is 9.59 Å². The molecule has 1 aliphatic rings. The standard InChI is InChI=1S/C17H23NO3/c1-12-6-8-13(9-7-12)4-2-3-5-15(19)18-16(17(20)21)14-10-11-14/h6-9,14,16H,2-5,10-11H2,1H3,(H,18,19)(H,20,21). The van der Waals surface area contributed by atoms with Crippen LogP contribution in [0.4, 0.5) is 0 Å². The Morgan fingerprint density at radius 1 is 1.24 bits per heavy atom. The Labute approximate surface area is 125 Å². The summed E-state index contributed by atoms with van der Waals surface area (Å²) in [6.45, 7) is 2.06. The number of nitrogens with one attached hydrogen (secondary N) is 1. The van der Waals surface area contributed by atoms with Crippen LogP contribution in [0.5, 0.6) is 0 Å². The van der Waals surface area contributed by atoms with Gasteiger partial charge in [-0.05, 0) is 50.5 Å². The maximum Gasteiger partial charge on any atom is 0.326 e. The van der Waals surface area contributed by atoms with E-state index in [-0.39, 0.29) is 11.8 Å². The lowest BCUT2D eigenvalue weighted by Crippen LogP contribution is -2.42. The van der Waals surface area contributed by atoms with E-state index in [1.165, 1.54) is 11.1 Å². The molecule has 0 bridgehead atoms. The Bertz CT molecular complexity index is 491. The molecule has 1 fully saturated rings. The van der Waals surface area contributed by atoms with E-state index in [2.05, 4.69) is 36.5 Å². The Kier molecular flexibility index (Phi) is 5.37. The number of hydrogen-bond acceptors (Lipinski definition) is 2. The number of carboxylic acids is 1. The zero-order valence-corrected chi connectivity index (χ0v) is 12.5. The molecule has 1 aliphatic carbocycles. The highest BCUT2D eigenvalue weighted by Gasteiger charge is 2.36. The molecule has 4 heteroatoms. The molecule has 114 valence electrons. The van der Waals surface area contributed by atoms with E-state index < -0.39 is 12.0 Å². The molecule has 21 heavy (non-hydrogen) atoms. The fourth-order valence-electron chi connectivity index (χ4n) is 2.43. The van der Waals surface area contributed by atoms with Gasteiger partial charge in [-0.25, -0.2) is 4.79 Å². The fourth-order valence-corrected chi connectivity index (χ4v) is 2.43. The van der Waals surface area contributed by atoms with E-state index in [1.54, 1.807) is 0 Å². The molecular weight excluding hydrogens is 266 g/mol. The third-order valence-electron chi connectivity index (χ3n) is 3.92. The van der Waals surface area contributed by atoms with Crippen molar-refractivity contribution in [3.8, 4) is 0 Å². The lowest BCUT2D eigenvalue weighted by molar-refractivity contribution is -0.142. The summed E-state index contributed by atoms with van der Waals surface area (Å²) in [5.41, 5.74) is 2.53. The molecule has 2 rings (SSSR count). The third kappa shape index (κ3) is 5.21. The summed E-state index contributed by atoms with van der Waals surface area (Å²) in [6.07, 6.45) is 4.91. The van der Waals surface area contributed by atoms with Gasteiger partial charge in [-0.2, -0.15) is 0 Å². The first-order chi connectivity index (χ1) is 10.1. The zero-order chi connectivity index (χ0) is 15.2. The summed E-state index contributed by atoms with van der Waals surface area (Å²) in [7, 11) is 0. The van der Waals surface area contributed by atoms with Crippen LogP contribution in [0.3, 0.4) is 0 Å². The third-order valence-corrected chi connectivity index (χ3v) is 3.92. The van der Waals surface area contributed by atoms with Gasteiger partial charge in [-0.1, -0.05) is 29.8 Å². The number of amides is 1. The number of unbranched alkanes of at least 4 members (excludes halogenated alkanes) is 1. The lowest BCUT2D eigenvalue weighted by Gasteiger charge is -2.13. The number of carbonyl (C=O) groups excluding carboxylic acids is 1. The topological polar surface area (TPSA) is 66.4 Å². The molecule has 0 aliphatic heterocycles. The summed E-state index contributed by atoms with van der Waals surface area (Å²) in [6, 6.07) is 7.73. The molecule has 1 aromatic carbocycles. The molecule has 1 unspecified atom stereocenters. The molecule has 0 spiro atoms. The van der Waals surface area contributed by atoms with Crippen molar-refractivity contribution in [2.75, 3.05) is 0 Å². The van der Waals surface area contributed by atoms with E-state index in [4.69, 9.17) is 5.11 Å². The first kappa shape index (κ1) is 15.5. The second kappa shape index (κ2) is 7.25. The molecule has 1 atom stereocenters. The van der Waals surface area contributed by atoms with E-state index >= 15 is 0 Å². The van der Waals surface area contributed by atoms with Crippen LogP contribution in [-0.4, -0.2) is 23.0 Å². The van der Waals surface area contributed by atoms with E-state index in [0.717, 1.165) is 32.1 Å². The van der Waals surface area contributed by atoms with Gasteiger partial charge in [-0.15, -0.1) is 0 Å². The number of benzene rings is 1. The van der Waals surface area contributed by atoms with Crippen LogP contribution in [0.1, 0.15) is 43.2 Å². The van der Waals surface area contributed by atoms with Crippen molar-refractivity contribution >= 4 is 11.9 Å². The Balaban J connectivity index is 1.64. The van der Waals surface area contributed by atoms with Crippen molar-refractivity contribution in [3.05, 3.63) is 35.4 Å². The van der Waals surface area contributed by atoms with Crippen molar-refractivity contribution in [1.29, 1.82) is 0 Å². The van der Waals surface area contributed by atoms with Crippen molar-refractivity contribution in [2.24, 2.45) is 5.92 Å². The number of hydrogen-bond donors (Lipinski definition) is 2. The van der Waals surface area contributed by atoms with Gasteiger partial charge in [0.1, 0.15) is 6.04 Å². The smallest absolute Gasteiger partial charge is 0.326 e. The van der Waals surface area contributed by atoms with Crippen molar-refractivity contribution in [3.63, 3.8) is 0 Å². The molecule has 1 amide bonds. The van der Waals surface area contributed by atoms with Gasteiger partial charge in [0.25, 0.3) is 0 Å². The second-order valence-corrected chi connectivity index (χ2v) is 5.91. The van der Waals surface area contributed by atoms with Gasteiger partial charge in [0.15, 0.2) is 0 Å². The predicted octanol–water partition coefficient (Wildman–Crippen LogP) is 2.69. The minimum Gasteiger partial charge on any atom is -0.480 e. The zero-order valence-electron chi connectivity index (χ0n) is 12.5. The van der Waals surface area contributed by atoms with Crippen LogP contribution in [0.15, 0.2) is 24.3 Å². The molecule has 1 saturated carbocycles. The normalized spacial score (nSPS) is 15.5.